The Hall–Kier alpha value is -0.670. The van der Waals surface area contributed by atoms with Crippen LogP contribution in [0.3, 0.4) is 0 Å². The first-order chi connectivity index (χ1) is 9.39. The summed E-state index contributed by atoms with van der Waals surface area (Å²) < 4.78 is 49.8. The summed E-state index contributed by atoms with van der Waals surface area (Å²) in [4.78, 5) is -0.436. The summed E-state index contributed by atoms with van der Waals surface area (Å²) in [6, 6.07) is 3.49. The number of rotatable bonds is 6. The molecule has 0 aromatic heterocycles. The number of benzene rings is 1. The van der Waals surface area contributed by atoms with E-state index in [1.165, 1.54) is 12.1 Å². The first kappa shape index (κ1) is 18.4. The standard InChI is InChI=1S/C12H18ClNO5S2/c1-12(2,8-15)7-14-21(18,19)11-6-9(20(3,16)17)4-5-10(11)13/h4-6,14-15H,7-8H2,1-3H3. The van der Waals surface area contributed by atoms with E-state index < -0.39 is 25.3 Å². The van der Waals surface area contributed by atoms with Gasteiger partial charge in [-0.1, -0.05) is 25.4 Å². The van der Waals surface area contributed by atoms with Gasteiger partial charge in [0.15, 0.2) is 9.84 Å². The molecule has 0 atom stereocenters. The Kier molecular flexibility index (Phi) is 5.44. The third kappa shape index (κ3) is 4.93. The molecule has 9 heteroatoms. The molecule has 2 N–H and O–H groups in total. The molecule has 0 unspecified atom stereocenters. The van der Waals surface area contributed by atoms with Gasteiger partial charge in [0.1, 0.15) is 4.90 Å². The number of hydrogen-bond donors (Lipinski definition) is 2. The zero-order chi connectivity index (χ0) is 16.5. The average molecular weight is 356 g/mol. The number of aliphatic hydroxyl groups excluding tert-OH is 1. The van der Waals surface area contributed by atoms with E-state index in [1.807, 2.05) is 0 Å². The largest absolute Gasteiger partial charge is 0.396 e. The van der Waals surface area contributed by atoms with Crippen LogP contribution in [0.25, 0.3) is 0 Å². The molecule has 120 valence electrons. The predicted molar refractivity (Wildman–Crippen MR) is 80.6 cm³/mol. The van der Waals surface area contributed by atoms with Crippen LogP contribution < -0.4 is 4.72 Å². The van der Waals surface area contributed by atoms with Gasteiger partial charge in [-0.3, -0.25) is 0 Å². The molecule has 0 fully saturated rings. The molecule has 0 aliphatic carbocycles. The maximum absolute atomic E-state index is 12.2. The van der Waals surface area contributed by atoms with Crippen LogP contribution in [0.1, 0.15) is 13.8 Å². The summed E-state index contributed by atoms with van der Waals surface area (Å²) in [5.74, 6) is 0. The van der Waals surface area contributed by atoms with Crippen LogP contribution in [0, 0.1) is 5.41 Å². The monoisotopic (exact) mass is 355 g/mol. The predicted octanol–water partition coefficient (Wildman–Crippen LogP) is 1.04. The highest BCUT2D eigenvalue weighted by molar-refractivity contribution is 7.91. The van der Waals surface area contributed by atoms with Gasteiger partial charge >= 0.3 is 0 Å². The lowest BCUT2D eigenvalue weighted by Gasteiger charge is -2.22. The van der Waals surface area contributed by atoms with Gasteiger partial charge in [0, 0.05) is 24.8 Å². The van der Waals surface area contributed by atoms with Crippen LogP contribution in [-0.4, -0.2) is 41.3 Å². The van der Waals surface area contributed by atoms with Crippen molar-refractivity contribution < 1.29 is 21.9 Å². The summed E-state index contributed by atoms with van der Waals surface area (Å²) in [7, 11) is -7.52. The quantitative estimate of drug-likeness (QED) is 0.794. The number of halogens is 1. The fourth-order valence-corrected chi connectivity index (χ4v) is 3.83. The van der Waals surface area contributed by atoms with Crippen molar-refractivity contribution in [3.63, 3.8) is 0 Å². The summed E-state index contributed by atoms with van der Waals surface area (Å²) in [6.07, 6.45) is 0.981. The molecule has 0 saturated carbocycles. The van der Waals surface area contributed by atoms with E-state index in [4.69, 9.17) is 16.7 Å². The molecule has 21 heavy (non-hydrogen) atoms. The number of nitrogens with one attached hydrogen (secondary N) is 1. The molecule has 1 aromatic rings. The molecular weight excluding hydrogens is 338 g/mol. The highest BCUT2D eigenvalue weighted by Gasteiger charge is 2.24. The van der Waals surface area contributed by atoms with E-state index in [9.17, 15) is 16.8 Å². The molecule has 0 heterocycles. The molecule has 0 saturated heterocycles. The summed E-state index contributed by atoms with van der Waals surface area (Å²) in [5, 5.41) is 9.05. The fraction of sp³-hybridized carbons (Fsp3) is 0.500. The fourth-order valence-electron chi connectivity index (χ4n) is 1.34. The Bertz CT molecular complexity index is 726. The van der Waals surface area contributed by atoms with E-state index in [0.717, 1.165) is 12.3 Å². The molecule has 0 aliphatic heterocycles. The Morgan fingerprint density at radius 3 is 2.29 bits per heavy atom. The third-order valence-corrected chi connectivity index (χ3v) is 5.78. The second-order valence-electron chi connectivity index (χ2n) is 5.51. The molecule has 0 radical (unpaired) electrons. The van der Waals surface area contributed by atoms with Crippen LogP contribution >= 0.6 is 11.6 Å². The van der Waals surface area contributed by atoms with Crippen LogP contribution in [-0.2, 0) is 19.9 Å². The van der Waals surface area contributed by atoms with E-state index in [0.29, 0.717) is 0 Å². The molecule has 0 amide bonds. The molecular formula is C12H18ClNO5S2. The van der Waals surface area contributed by atoms with Crippen LogP contribution in [0.4, 0.5) is 0 Å². The highest BCUT2D eigenvalue weighted by atomic mass is 35.5. The molecule has 0 bridgehead atoms. The molecule has 6 nitrogen and oxygen atoms in total. The van der Waals surface area contributed by atoms with Crippen molar-refractivity contribution in [1.29, 1.82) is 0 Å². The number of hydrogen-bond acceptors (Lipinski definition) is 5. The maximum Gasteiger partial charge on any atom is 0.242 e. The molecule has 0 aliphatic rings. The van der Waals surface area contributed by atoms with Crippen molar-refractivity contribution in [3.8, 4) is 0 Å². The summed E-state index contributed by atoms with van der Waals surface area (Å²) >= 11 is 5.85. The minimum Gasteiger partial charge on any atom is -0.396 e. The van der Waals surface area contributed by atoms with Gasteiger partial charge in [-0.25, -0.2) is 21.6 Å². The SMILES string of the molecule is CC(C)(CO)CNS(=O)(=O)c1cc(S(C)(=O)=O)ccc1Cl. The zero-order valence-electron chi connectivity index (χ0n) is 11.9. The third-order valence-electron chi connectivity index (χ3n) is 2.79. The first-order valence-electron chi connectivity index (χ1n) is 5.99. The van der Waals surface area contributed by atoms with E-state index in [1.54, 1.807) is 13.8 Å². The molecule has 1 rings (SSSR count). The lowest BCUT2D eigenvalue weighted by atomic mass is 9.96. The van der Waals surface area contributed by atoms with Crippen LogP contribution in [0.5, 0.6) is 0 Å². The van der Waals surface area contributed by atoms with E-state index in [-0.39, 0.29) is 28.0 Å². The van der Waals surface area contributed by atoms with Crippen molar-refractivity contribution >= 4 is 31.5 Å². The minimum atomic E-state index is -3.97. The van der Waals surface area contributed by atoms with Crippen molar-refractivity contribution in [2.75, 3.05) is 19.4 Å². The van der Waals surface area contributed by atoms with Crippen molar-refractivity contribution in [1.82, 2.24) is 4.72 Å². The van der Waals surface area contributed by atoms with Crippen LogP contribution in [0.2, 0.25) is 5.02 Å². The normalized spacial score (nSPS) is 13.4. The van der Waals surface area contributed by atoms with Gasteiger partial charge in [-0.05, 0) is 18.2 Å². The Morgan fingerprint density at radius 2 is 1.81 bits per heavy atom. The van der Waals surface area contributed by atoms with E-state index >= 15 is 0 Å². The van der Waals surface area contributed by atoms with Gasteiger partial charge < -0.3 is 5.11 Å². The molecule has 0 spiro atoms. The van der Waals surface area contributed by atoms with Gasteiger partial charge in [0.2, 0.25) is 10.0 Å². The second kappa shape index (κ2) is 6.21. The average Bonchev–Trinajstić information content (AvgIpc) is 2.35. The lowest BCUT2D eigenvalue weighted by molar-refractivity contribution is 0.163. The van der Waals surface area contributed by atoms with Crippen molar-refractivity contribution in [2.45, 2.75) is 23.6 Å². The number of sulfone groups is 1. The lowest BCUT2D eigenvalue weighted by Crippen LogP contribution is -2.36. The highest BCUT2D eigenvalue weighted by Crippen LogP contribution is 2.25. The topological polar surface area (TPSA) is 101 Å². The smallest absolute Gasteiger partial charge is 0.242 e. The van der Waals surface area contributed by atoms with Gasteiger partial charge in [-0.15, -0.1) is 0 Å². The van der Waals surface area contributed by atoms with Crippen LogP contribution in [0.15, 0.2) is 28.0 Å². The zero-order valence-corrected chi connectivity index (χ0v) is 14.3. The maximum atomic E-state index is 12.2. The summed E-state index contributed by atoms with van der Waals surface area (Å²) in [6.45, 7) is 3.16. The first-order valence-corrected chi connectivity index (χ1v) is 9.74. The van der Waals surface area contributed by atoms with Gasteiger partial charge in [-0.2, -0.15) is 0 Å². The summed E-state index contributed by atoms with van der Waals surface area (Å²) in [5.41, 5.74) is -0.645. The van der Waals surface area contributed by atoms with Crippen molar-refractivity contribution in [2.24, 2.45) is 5.41 Å². The Balaban J connectivity index is 3.20. The van der Waals surface area contributed by atoms with E-state index in [2.05, 4.69) is 4.72 Å². The van der Waals surface area contributed by atoms with Gasteiger partial charge in [0.05, 0.1) is 9.92 Å². The Morgan fingerprint density at radius 1 is 1.24 bits per heavy atom. The Labute approximate surface area is 130 Å². The molecule has 1 aromatic carbocycles. The number of aliphatic hydroxyl groups is 1. The number of sulfonamides is 1. The van der Waals surface area contributed by atoms with Gasteiger partial charge in [0.25, 0.3) is 0 Å². The van der Waals surface area contributed by atoms with Crippen molar-refractivity contribution in [3.05, 3.63) is 23.2 Å². The minimum absolute atomic E-state index is 0.00867. The second-order valence-corrected chi connectivity index (χ2v) is 9.67.